The van der Waals surface area contributed by atoms with Gasteiger partial charge in [0.05, 0.1) is 18.9 Å². The Morgan fingerprint density at radius 3 is 2.65 bits per heavy atom. The highest BCUT2D eigenvalue weighted by atomic mass is 16.5. The first kappa shape index (κ1) is 17.5. The topological polar surface area (TPSA) is 53.3 Å². The summed E-state index contributed by atoms with van der Waals surface area (Å²) >= 11 is 0. The molecule has 132 valence electrons. The average Bonchev–Trinajstić information content (AvgIpc) is 3.12. The van der Waals surface area contributed by atoms with Gasteiger partial charge in [-0.15, -0.1) is 0 Å². The summed E-state index contributed by atoms with van der Waals surface area (Å²) in [7, 11) is 3.38. The third-order valence-electron chi connectivity index (χ3n) is 3.84. The largest absolute Gasteiger partial charge is 0.493 e. The summed E-state index contributed by atoms with van der Waals surface area (Å²) in [5, 5.41) is 4.01. The maximum absolute atomic E-state index is 12.2. The molecule has 0 unspecified atom stereocenters. The Morgan fingerprint density at radius 1 is 1.15 bits per heavy atom. The molecule has 0 saturated carbocycles. The minimum Gasteiger partial charge on any atom is -0.493 e. The predicted octanol–water partition coefficient (Wildman–Crippen LogP) is 3.90. The van der Waals surface area contributed by atoms with Crippen LogP contribution in [0.25, 0.3) is 6.08 Å². The van der Waals surface area contributed by atoms with E-state index in [1.807, 2.05) is 48.5 Å². The van der Waals surface area contributed by atoms with Crippen molar-refractivity contribution in [3.63, 3.8) is 0 Å². The summed E-state index contributed by atoms with van der Waals surface area (Å²) in [6.45, 7) is 0.443. The van der Waals surface area contributed by atoms with Crippen molar-refractivity contribution in [2.45, 2.75) is 6.61 Å². The SMILES string of the molecule is COc1ccc(C=CC(=O)c2cnn(C)c2)cc1OCc1ccccc1. The average molecular weight is 348 g/mol. The maximum Gasteiger partial charge on any atom is 0.189 e. The second-order valence-corrected chi connectivity index (χ2v) is 5.78. The summed E-state index contributed by atoms with van der Waals surface area (Å²) in [6.07, 6.45) is 6.52. The van der Waals surface area contributed by atoms with Crippen LogP contribution in [0.4, 0.5) is 0 Å². The van der Waals surface area contributed by atoms with Gasteiger partial charge in [0.1, 0.15) is 6.61 Å². The van der Waals surface area contributed by atoms with E-state index < -0.39 is 0 Å². The zero-order chi connectivity index (χ0) is 18.4. The molecule has 1 aromatic heterocycles. The third-order valence-corrected chi connectivity index (χ3v) is 3.84. The lowest BCUT2D eigenvalue weighted by Gasteiger charge is -2.11. The Balaban J connectivity index is 1.74. The van der Waals surface area contributed by atoms with E-state index in [0.717, 1.165) is 11.1 Å². The molecule has 0 bridgehead atoms. The van der Waals surface area contributed by atoms with Crippen LogP contribution in [0.5, 0.6) is 11.5 Å². The zero-order valence-electron chi connectivity index (χ0n) is 14.8. The van der Waals surface area contributed by atoms with Gasteiger partial charge < -0.3 is 9.47 Å². The molecule has 0 N–H and O–H groups in total. The van der Waals surface area contributed by atoms with Crippen molar-refractivity contribution >= 4 is 11.9 Å². The van der Waals surface area contributed by atoms with Gasteiger partial charge >= 0.3 is 0 Å². The van der Waals surface area contributed by atoms with Crippen molar-refractivity contribution in [2.75, 3.05) is 7.11 Å². The number of carbonyl (C=O) groups is 1. The van der Waals surface area contributed by atoms with Crippen LogP contribution in [0.15, 0.2) is 67.0 Å². The first-order valence-corrected chi connectivity index (χ1v) is 8.21. The zero-order valence-corrected chi connectivity index (χ0v) is 14.8. The number of aryl methyl sites for hydroxylation is 1. The van der Waals surface area contributed by atoms with Crippen molar-refractivity contribution in [1.29, 1.82) is 0 Å². The molecule has 0 amide bonds. The van der Waals surface area contributed by atoms with Crippen molar-refractivity contribution < 1.29 is 14.3 Å². The first-order chi connectivity index (χ1) is 12.7. The van der Waals surface area contributed by atoms with Crippen LogP contribution in [0.2, 0.25) is 0 Å². The summed E-state index contributed by atoms with van der Waals surface area (Å²) in [5.74, 6) is 1.18. The lowest BCUT2D eigenvalue weighted by Crippen LogP contribution is -1.98. The van der Waals surface area contributed by atoms with Crippen LogP contribution >= 0.6 is 0 Å². The van der Waals surface area contributed by atoms with E-state index >= 15 is 0 Å². The molecule has 0 spiro atoms. The minimum atomic E-state index is -0.0966. The van der Waals surface area contributed by atoms with Gasteiger partial charge in [-0.3, -0.25) is 9.48 Å². The molecule has 0 fully saturated rings. The molecule has 0 atom stereocenters. The fourth-order valence-electron chi connectivity index (χ4n) is 2.46. The molecular weight excluding hydrogens is 328 g/mol. The molecule has 0 aliphatic heterocycles. The molecule has 0 aliphatic carbocycles. The monoisotopic (exact) mass is 348 g/mol. The molecule has 0 saturated heterocycles. The number of benzene rings is 2. The van der Waals surface area contributed by atoms with Crippen molar-refractivity contribution in [3.8, 4) is 11.5 Å². The van der Waals surface area contributed by atoms with Gasteiger partial charge in [-0.2, -0.15) is 5.10 Å². The van der Waals surface area contributed by atoms with E-state index in [1.165, 1.54) is 6.08 Å². The number of hydrogen-bond donors (Lipinski definition) is 0. The fraction of sp³-hybridized carbons (Fsp3) is 0.143. The van der Waals surface area contributed by atoms with Crippen LogP contribution in [0.1, 0.15) is 21.5 Å². The van der Waals surface area contributed by atoms with E-state index in [-0.39, 0.29) is 5.78 Å². The number of hydrogen-bond acceptors (Lipinski definition) is 4. The van der Waals surface area contributed by atoms with E-state index in [9.17, 15) is 4.79 Å². The molecule has 5 heteroatoms. The number of ether oxygens (including phenoxy) is 2. The van der Waals surface area contributed by atoms with Crippen molar-refractivity contribution in [1.82, 2.24) is 9.78 Å². The standard InChI is InChI=1S/C21H20N2O3/c1-23-14-18(13-22-23)19(24)10-8-16-9-11-20(25-2)21(12-16)26-15-17-6-4-3-5-7-17/h3-14H,15H2,1-2H3. The van der Waals surface area contributed by atoms with Crippen LogP contribution in [0, 0.1) is 0 Å². The number of ketones is 1. The van der Waals surface area contributed by atoms with Gasteiger partial charge in [0.25, 0.3) is 0 Å². The first-order valence-electron chi connectivity index (χ1n) is 8.21. The van der Waals surface area contributed by atoms with Crippen LogP contribution in [-0.2, 0) is 13.7 Å². The van der Waals surface area contributed by atoms with Crippen LogP contribution in [0.3, 0.4) is 0 Å². The highest BCUT2D eigenvalue weighted by molar-refractivity contribution is 6.06. The highest BCUT2D eigenvalue weighted by Gasteiger charge is 2.07. The molecular formula is C21H20N2O3. The van der Waals surface area contributed by atoms with Gasteiger partial charge in [-0.25, -0.2) is 0 Å². The smallest absolute Gasteiger partial charge is 0.189 e. The number of aromatic nitrogens is 2. The summed E-state index contributed by atoms with van der Waals surface area (Å²) in [6, 6.07) is 15.5. The molecule has 0 radical (unpaired) electrons. The van der Waals surface area contributed by atoms with Gasteiger partial charge in [0.2, 0.25) is 0 Å². The number of methoxy groups -OCH3 is 1. The fourth-order valence-corrected chi connectivity index (χ4v) is 2.46. The summed E-state index contributed by atoms with van der Waals surface area (Å²) < 4.78 is 12.9. The lowest BCUT2D eigenvalue weighted by atomic mass is 10.1. The second kappa shape index (κ2) is 8.16. The minimum absolute atomic E-state index is 0.0966. The molecule has 0 aliphatic rings. The Labute approximate surface area is 152 Å². The highest BCUT2D eigenvalue weighted by Crippen LogP contribution is 2.29. The molecule has 26 heavy (non-hydrogen) atoms. The van der Waals surface area contributed by atoms with Gasteiger partial charge in [-0.1, -0.05) is 42.5 Å². The number of nitrogens with zero attached hydrogens (tertiary/aromatic N) is 2. The third kappa shape index (κ3) is 4.39. The number of allylic oxidation sites excluding steroid dienone is 1. The van der Waals surface area contributed by atoms with Crippen molar-refractivity contribution in [3.05, 3.63) is 83.7 Å². The van der Waals surface area contributed by atoms with E-state index in [2.05, 4.69) is 5.10 Å². The van der Waals surface area contributed by atoms with Crippen LogP contribution < -0.4 is 9.47 Å². The Kier molecular flexibility index (Phi) is 5.49. The van der Waals surface area contributed by atoms with Crippen LogP contribution in [-0.4, -0.2) is 22.7 Å². The van der Waals surface area contributed by atoms with Gasteiger partial charge in [0.15, 0.2) is 17.3 Å². The summed E-state index contributed by atoms with van der Waals surface area (Å²) in [4.78, 5) is 12.2. The number of carbonyl (C=O) groups excluding carboxylic acids is 1. The number of rotatable bonds is 7. The molecule has 2 aromatic carbocycles. The van der Waals surface area contributed by atoms with E-state index in [1.54, 1.807) is 37.3 Å². The van der Waals surface area contributed by atoms with Gasteiger partial charge in [-0.05, 0) is 29.3 Å². The normalized spacial score (nSPS) is 10.8. The summed E-state index contributed by atoms with van der Waals surface area (Å²) in [5.41, 5.74) is 2.48. The van der Waals surface area contributed by atoms with Crippen molar-refractivity contribution in [2.24, 2.45) is 7.05 Å². The predicted molar refractivity (Wildman–Crippen MR) is 100 cm³/mol. The Hall–Kier alpha value is -3.34. The molecule has 1 heterocycles. The Morgan fingerprint density at radius 2 is 1.96 bits per heavy atom. The lowest BCUT2D eigenvalue weighted by molar-refractivity contribution is 0.104. The molecule has 3 aromatic rings. The Bertz CT molecular complexity index is 914. The quantitative estimate of drug-likeness (QED) is 0.480. The van der Waals surface area contributed by atoms with E-state index in [0.29, 0.717) is 23.7 Å². The second-order valence-electron chi connectivity index (χ2n) is 5.78. The van der Waals surface area contributed by atoms with E-state index in [4.69, 9.17) is 9.47 Å². The maximum atomic E-state index is 12.2. The molecule has 3 rings (SSSR count). The van der Waals surface area contributed by atoms with Gasteiger partial charge in [0, 0.05) is 13.2 Å². The molecule has 5 nitrogen and oxygen atoms in total.